The number of hydrogen-bond acceptors (Lipinski definition) is 5. The summed E-state index contributed by atoms with van der Waals surface area (Å²) in [5.41, 5.74) is -0.282. The second kappa shape index (κ2) is 5.83. The molecule has 1 aliphatic rings. The van der Waals surface area contributed by atoms with Gasteiger partial charge in [0.2, 0.25) is 5.89 Å². The molecule has 7 nitrogen and oxygen atoms in total. The monoisotopic (exact) mass is 291 g/mol. The van der Waals surface area contributed by atoms with Gasteiger partial charge in [0.25, 0.3) is 0 Å². The van der Waals surface area contributed by atoms with Crippen LogP contribution in [0.3, 0.4) is 0 Å². The van der Waals surface area contributed by atoms with Crippen molar-refractivity contribution in [1.82, 2.24) is 24.9 Å². The van der Waals surface area contributed by atoms with Gasteiger partial charge < -0.3 is 4.52 Å². The highest BCUT2D eigenvalue weighted by Gasteiger charge is 2.32. The van der Waals surface area contributed by atoms with Crippen molar-refractivity contribution in [2.24, 2.45) is 0 Å². The lowest BCUT2D eigenvalue weighted by Gasteiger charge is -2.27. The fourth-order valence-electron chi connectivity index (χ4n) is 3.00. The lowest BCUT2D eigenvalue weighted by Crippen LogP contribution is -2.25. The first-order valence-corrected chi connectivity index (χ1v) is 7.60. The van der Waals surface area contributed by atoms with E-state index in [0.29, 0.717) is 5.89 Å². The van der Waals surface area contributed by atoms with Gasteiger partial charge in [0.1, 0.15) is 12.9 Å². The van der Waals surface area contributed by atoms with Crippen molar-refractivity contribution >= 4 is 0 Å². The minimum atomic E-state index is -0.271. The molecule has 7 heteroatoms. The van der Waals surface area contributed by atoms with Crippen molar-refractivity contribution in [3.8, 4) is 0 Å². The van der Waals surface area contributed by atoms with Crippen molar-refractivity contribution in [3.05, 3.63) is 28.5 Å². The van der Waals surface area contributed by atoms with Gasteiger partial charge >= 0.3 is 5.69 Å². The standard InChI is InChI=1S/C14H21N5O2/c1-14(7-5-3-2-4-6-8-14)12-16-11(21-18-12)9-19-10-15-17-13(19)20/h10H,2-9H2,1H3,(H,17,20). The Bertz CT molecular complexity index is 634. The molecule has 0 atom stereocenters. The molecule has 0 bridgehead atoms. The molecule has 0 amide bonds. The van der Waals surface area contributed by atoms with E-state index in [2.05, 4.69) is 27.3 Å². The molecule has 0 unspecified atom stereocenters. The van der Waals surface area contributed by atoms with E-state index >= 15 is 0 Å². The second-order valence-electron chi connectivity index (χ2n) is 6.13. The Balaban J connectivity index is 1.76. The summed E-state index contributed by atoms with van der Waals surface area (Å²) >= 11 is 0. The van der Waals surface area contributed by atoms with Gasteiger partial charge in [-0.15, -0.1) is 0 Å². The SMILES string of the molecule is CC1(c2noc(Cn3cn[nH]c3=O)n2)CCCCCCC1. The van der Waals surface area contributed by atoms with Crippen LogP contribution in [0.2, 0.25) is 0 Å². The highest BCUT2D eigenvalue weighted by molar-refractivity contribution is 5.05. The molecule has 0 spiro atoms. The molecule has 0 aromatic carbocycles. The van der Waals surface area contributed by atoms with Crippen LogP contribution in [-0.2, 0) is 12.0 Å². The van der Waals surface area contributed by atoms with E-state index in [9.17, 15) is 4.79 Å². The molecule has 21 heavy (non-hydrogen) atoms. The Morgan fingerprint density at radius 2 is 2.00 bits per heavy atom. The summed E-state index contributed by atoms with van der Waals surface area (Å²) in [6.45, 7) is 2.48. The van der Waals surface area contributed by atoms with Crippen LogP contribution < -0.4 is 5.69 Å². The molecule has 0 radical (unpaired) electrons. The van der Waals surface area contributed by atoms with Crippen LogP contribution in [0.5, 0.6) is 0 Å². The van der Waals surface area contributed by atoms with Crippen LogP contribution in [0, 0.1) is 0 Å². The average molecular weight is 291 g/mol. The summed E-state index contributed by atoms with van der Waals surface area (Å²) in [4.78, 5) is 15.9. The van der Waals surface area contributed by atoms with E-state index in [-0.39, 0.29) is 17.6 Å². The van der Waals surface area contributed by atoms with E-state index in [1.807, 2.05) is 0 Å². The zero-order valence-corrected chi connectivity index (χ0v) is 12.3. The Morgan fingerprint density at radius 1 is 1.29 bits per heavy atom. The van der Waals surface area contributed by atoms with Gasteiger partial charge in [-0.05, 0) is 12.8 Å². The minimum Gasteiger partial charge on any atom is -0.337 e. The van der Waals surface area contributed by atoms with Gasteiger partial charge in [-0.3, -0.25) is 4.57 Å². The highest BCUT2D eigenvalue weighted by Crippen LogP contribution is 2.35. The predicted octanol–water partition coefficient (Wildman–Crippen LogP) is 2.00. The first-order valence-electron chi connectivity index (χ1n) is 7.60. The maximum atomic E-state index is 11.4. The zero-order chi connectivity index (χ0) is 14.7. The molecule has 1 saturated carbocycles. The molecule has 1 fully saturated rings. The van der Waals surface area contributed by atoms with E-state index in [0.717, 1.165) is 18.7 Å². The summed E-state index contributed by atoms with van der Waals surface area (Å²) in [6, 6.07) is 0. The highest BCUT2D eigenvalue weighted by atomic mass is 16.5. The Kier molecular flexibility index (Phi) is 3.90. The summed E-state index contributed by atoms with van der Waals surface area (Å²) in [5, 5.41) is 10.2. The lowest BCUT2D eigenvalue weighted by molar-refractivity contribution is 0.303. The number of nitrogens with one attached hydrogen (secondary N) is 1. The molecule has 2 heterocycles. The number of H-pyrrole nitrogens is 1. The third kappa shape index (κ3) is 3.06. The lowest BCUT2D eigenvalue weighted by atomic mass is 9.77. The zero-order valence-electron chi connectivity index (χ0n) is 12.3. The van der Waals surface area contributed by atoms with Crippen LogP contribution in [0.4, 0.5) is 0 Å². The van der Waals surface area contributed by atoms with Crippen molar-refractivity contribution in [3.63, 3.8) is 0 Å². The Labute approximate surface area is 122 Å². The first-order chi connectivity index (χ1) is 10.2. The van der Waals surface area contributed by atoms with Crippen LogP contribution in [0.15, 0.2) is 15.6 Å². The molecule has 0 saturated heterocycles. The number of rotatable bonds is 3. The molecule has 1 aliphatic carbocycles. The fraction of sp³-hybridized carbons (Fsp3) is 0.714. The summed E-state index contributed by atoms with van der Waals surface area (Å²) in [5.74, 6) is 1.23. The van der Waals surface area contributed by atoms with Gasteiger partial charge in [-0.25, -0.2) is 9.89 Å². The molecule has 114 valence electrons. The molecule has 3 rings (SSSR count). The Morgan fingerprint density at radius 3 is 2.67 bits per heavy atom. The van der Waals surface area contributed by atoms with Crippen LogP contribution in [0.25, 0.3) is 0 Å². The molecular formula is C14H21N5O2. The summed E-state index contributed by atoms with van der Waals surface area (Å²) in [7, 11) is 0. The maximum Gasteiger partial charge on any atom is 0.343 e. The quantitative estimate of drug-likeness (QED) is 0.934. The van der Waals surface area contributed by atoms with Crippen LogP contribution >= 0.6 is 0 Å². The number of aromatic nitrogens is 5. The largest absolute Gasteiger partial charge is 0.343 e. The minimum absolute atomic E-state index is 0.0104. The topological polar surface area (TPSA) is 89.6 Å². The van der Waals surface area contributed by atoms with Crippen molar-refractivity contribution in [1.29, 1.82) is 0 Å². The molecule has 1 N–H and O–H groups in total. The van der Waals surface area contributed by atoms with E-state index in [1.165, 1.54) is 43.0 Å². The van der Waals surface area contributed by atoms with Gasteiger partial charge in [0.05, 0.1) is 0 Å². The third-order valence-electron chi connectivity index (χ3n) is 4.39. The van der Waals surface area contributed by atoms with E-state index in [1.54, 1.807) is 0 Å². The maximum absolute atomic E-state index is 11.4. The first kappa shape index (κ1) is 14.0. The summed E-state index contributed by atoms with van der Waals surface area (Å²) < 4.78 is 6.74. The smallest absolute Gasteiger partial charge is 0.337 e. The molecule has 0 aliphatic heterocycles. The molecule has 2 aromatic rings. The van der Waals surface area contributed by atoms with Crippen molar-refractivity contribution in [2.45, 2.75) is 63.8 Å². The third-order valence-corrected chi connectivity index (χ3v) is 4.39. The Hall–Kier alpha value is -1.92. The van der Waals surface area contributed by atoms with Crippen LogP contribution in [0.1, 0.15) is 63.6 Å². The predicted molar refractivity (Wildman–Crippen MR) is 75.9 cm³/mol. The summed E-state index contributed by atoms with van der Waals surface area (Å²) in [6.07, 6.45) is 9.94. The fourth-order valence-corrected chi connectivity index (χ4v) is 3.00. The van der Waals surface area contributed by atoms with E-state index in [4.69, 9.17) is 4.52 Å². The molecule has 2 aromatic heterocycles. The normalized spacial score (nSPS) is 19.1. The van der Waals surface area contributed by atoms with E-state index < -0.39 is 0 Å². The second-order valence-corrected chi connectivity index (χ2v) is 6.13. The van der Waals surface area contributed by atoms with Crippen molar-refractivity contribution < 1.29 is 4.52 Å². The van der Waals surface area contributed by atoms with Gasteiger partial charge in [0.15, 0.2) is 5.82 Å². The van der Waals surface area contributed by atoms with Crippen molar-refractivity contribution in [2.75, 3.05) is 0 Å². The average Bonchev–Trinajstić information content (AvgIpc) is 3.06. The van der Waals surface area contributed by atoms with Gasteiger partial charge in [0, 0.05) is 5.41 Å². The number of nitrogens with zero attached hydrogens (tertiary/aromatic N) is 4. The number of aromatic amines is 1. The molecular weight excluding hydrogens is 270 g/mol. The van der Waals surface area contributed by atoms with Gasteiger partial charge in [-0.1, -0.05) is 44.2 Å². The van der Waals surface area contributed by atoms with Gasteiger partial charge in [-0.2, -0.15) is 10.1 Å². The van der Waals surface area contributed by atoms with Crippen LogP contribution in [-0.4, -0.2) is 24.9 Å². The number of hydrogen-bond donors (Lipinski definition) is 1.